The van der Waals surface area contributed by atoms with E-state index in [1.807, 2.05) is 0 Å². The highest BCUT2D eigenvalue weighted by atomic mass is 28.3. The predicted molar refractivity (Wildman–Crippen MR) is 64.5 cm³/mol. The molecule has 0 aliphatic rings. The molecular formula is C9H23N3OSi. The van der Waals surface area contributed by atoms with Crippen molar-refractivity contribution in [3.8, 4) is 0 Å². The Bertz CT molecular complexity index is 157. The van der Waals surface area contributed by atoms with Crippen LogP contribution in [0.15, 0.2) is 4.99 Å². The molecule has 0 radical (unpaired) electrons. The van der Waals surface area contributed by atoms with E-state index in [-0.39, 0.29) is 0 Å². The Morgan fingerprint density at radius 2 is 2.07 bits per heavy atom. The van der Waals surface area contributed by atoms with Crippen molar-refractivity contribution in [2.45, 2.75) is 25.7 Å². The maximum Gasteiger partial charge on any atom is 0.0978 e. The number of nitrogens with one attached hydrogen (secondary N) is 2. The lowest BCUT2D eigenvalue weighted by Crippen LogP contribution is -2.30. The highest BCUT2D eigenvalue weighted by Gasteiger charge is 2.11. The number of nitrogens with zero attached hydrogens (tertiary/aromatic N) is 1. The van der Waals surface area contributed by atoms with Gasteiger partial charge in [-0.05, 0) is 6.04 Å². The molecule has 84 valence electrons. The summed E-state index contributed by atoms with van der Waals surface area (Å²) in [4.78, 5) is 3.79. The summed E-state index contributed by atoms with van der Waals surface area (Å²) < 4.78 is 5.43. The van der Waals surface area contributed by atoms with Crippen LogP contribution in [-0.4, -0.2) is 41.5 Å². The van der Waals surface area contributed by atoms with Crippen LogP contribution in [0.2, 0.25) is 25.7 Å². The summed E-state index contributed by atoms with van der Waals surface area (Å²) in [6.45, 7) is 9.22. The van der Waals surface area contributed by atoms with Crippen LogP contribution in [0.5, 0.6) is 0 Å². The minimum Gasteiger partial charge on any atom is -0.367 e. The van der Waals surface area contributed by atoms with Crippen molar-refractivity contribution in [2.24, 2.45) is 4.99 Å². The Morgan fingerprint density at radius 3 is 2.64 bits per heavy atom. The quantitative estimate of drug-likeness (QED) is 0.210. The predicted octanol–water partition coefficient (Wildman–Crippen LogP) is 1.09. The summed E-state index contributed by atoms with van der Waals surface area (Å²) in [6, 6.07) is 1.22. The van der Waals surface area contributed by atoms with Crippen LogP contribution in [0, 0.1) is 0 Å². The van der Waals surface area contributed by atoms with Gasteiger partial charge in [-0.2, -0.15) is 0 Å². The molecule has 0 amide bonds. The van der Waals surface area contributed by atoms with Crippen LogP contribution < -0.4 is 10.6 Å². The standard InChI is InChI=1S/C9H23N3OSi/c1-10-7-11-8-12-9-13-5-6-14(2,3)4/h7,12H,5-6,8-9H2,1-4H3,(H,10,11). The highest BCUT2D eigenvalue weighted by molar-refractivity contribution is 6.76. The zero-order valence-electron chi connectivity index (χ0n) is 9.76. The largest absolute Gasteiger partial charge is 0.367 e. The fourth-order valence-corrected chi connectivity index (χ4v) is 1.54. The second-order valence-electron chi connectivity index (χ2n) is 4.38. The lowest BCUT2D eigenvalue weighted by atomic mass is 10.8. The number of hydrogen-bond donors (Lipinski definition) is 2. The van der Waals surface area contributed by atoms with Gasteiger partial charge in [-0.3, -0.25) is 10.3 Å². The third-order valence-electron chi connectivity index (χ3n) is 1.65. The van der Waals surface area contributed by atoms with Crippen molar-refractivity contribution in [3.63, 3.8) is 0 Å². The van der Waals surface area contributed by atoms with E-state index in [4.69, 9.17) is 4.74 Å². The summed E-state index contributed by atoms with van der Waals surface area (Å²) in [5, 5.41) is 6.07. The van der Waals surface area contributed by atoms with Gasteiger partial charge in [0, 0.05) is 21.7 Å². The van der Waals surface area contributed by atoms with Crippen molar-refractivity contribution in [1.29, 1.82) is 0 Å². The summed E-state index contributed by atoms with van der Waals surface area (Å²) in [5.74, 6) is 0. The van der Waals surface area contributed by atoms with Gasteiger partial charge < -0.3 is 10.1 Å². The average Bonchev–Trinajstić information content (AvgIpc) is 2.08. The lowest BCUT2D eigenvalue weighted by molar-refractivity contribution is 0.128. The second kappa shape index (κ2) is 7.96. The van der Waals surface area contributed by atoms with Crippen molar-refractivity contribution < 1.29 is 4.74 Å². The number of ether oxygens (including phenoxy) is 1. The Balaban J connectivity index is 3.07. The molecule has 0 saturated heterocycles. The van der Waals surface area contributed by atoms with Crippen LogP contribution >= 0.6 is 0 Å². The zero-order chi connectivity index (χ0) is 10.9. The first-order valence-corrected chi connectivity index (χ1v) is 8.69. The first-order chi connectivity index (χ1) is 6.56. The first-order valence-electron chi connectivity index (χ1n) is 4.99. The molecule has 0 spiro atoms. The monoisotopic (exact) mass is 217 g/mol. The fourth-order valence-electron chi connectivity index (χ4n) is 0.783. The Labute approximate surface area is 88.1 Å². The van der Waals surface area contributed by atoms with Gasteiger partial charge in [-0.1, -0.05) is 19.6 Å². The third kappa shape index (κ3) is 11.6. The van der Waals surface area contributed by atoms with Gasteiger partial charge in [0.2, 0.25) is 0 Å². The molecule has 0 aromatic heterocycles. The van der Waals surface area contributed by atoms with E-state index in [0.717, 1.165) is 6.61 Å². The molecule has 5 heteroatoms. The molecule has 4 nitrogen and oxygen atoms in total. The zero-order valence-corrected chi connectivity index (χ0v) is 10.8. The first kappa shape index (κ1) is 13.6. The number of aliphatic imine (C=N–C) groups is 1. The molecule has 0 heterocycles. The molecule has 2 N–H and O–H groups in total. The fraction of sp³-hybridized carbons (Fsp3) is 0.889. The van der Waals surface area contributed by atoms with Gasteiger partial charge in [0.1, 0.15) is 0 Å². The van der Waals surface area contributed by atoms with Gasteiger partial charge in [0.05, 0.1) is 19.7 Å². The molecule has 14 heavy (non-hydrogen) atoms. The molecule has 0 aromatic carbocycles. The molecule has 0 aliphatic heterocycles. The second-order valence-corrected chi connectivity index (χ2v) is 10.0. The van der Waals surface area contributed by atoms with Crippen LogP contribution in [-0.2, 0) is 4.74 Å². The average molecular weight is 217 g/mol. The summed E-state index contributed by atoms with van der Waals surface area (Å²) in [6.07, 6.45) is 1.66. The van der Waals surface area contributed by atoms with Crippen LogP contribution in [0.25, 0.3) is 0 Å². The van der Waals surface area contributed by atoms with Gasteiger partial charge >= 0.3 is 0 Å². The van der Waals surface area contributed by atoms with Crippen molar-refractivity contribution in [1.82, 2.24) is 10.6 Å². The maximum atomic E-state index is 5.43. The molecule has 0 unspecified atom stereocenters. The SMILES string of the molecule is CN=CNCNCOCC[Si](C)(C)C. The topological polar surface area (TPSA) is 45.7 Å². The lowest BCUT2D eigenvalue weighted by Gasteiger charge is -2.15. The van der Waals surface area contributed by atoms with Gasteiger partial charge in [-0.15, -0.1) is 0 Å². The van der Waals surface area contributed by atoms with Crippen molar-refractivity contribution in [2.75, 3.05) is 27.1 Å². The number of rotatable bonds is 8. The highest BCUT2D eigenvalue weighted by Crippen LogP contribution is 2.06. The summed E-state index contributed by atoms with van der Waals surface area (Å²) >= 11 is 0. The normalized spacial score (nSPS) is 12.3. The third-order valence-corrected chi connectivity index (χ3v) is 3.35. The smallest absolute Gasteiger partial charge is 0.0978 e. The van der Waals surface area contributed by atoms with Crippen LogP contribution in [0.1, 0.15) is 0 Å². The van der Waals surface area contributed by atoms with Gasteiger partial charge in [0.25, 0.3) is 0 Å². The Morgan fingerprint density at radius 1 is 1.36 bits per heavy atom. The molecule has 0 atom stereocenters. The maximum absolute atomic E-state index is 5.43. The van der Waals surface area contributed by atoms with Crippen molar-refractivity contribution >= 4 is 14.4 Å². The van der Waals surface area contributed by atoms with Gasteiger partial charge in [-0.25, -0.2) is 0 Å². The molecular weight excluding hydrogens is 194 g/mol. The van der Waals surface area contributed by atoms with E-state index in [1.165, 1.54) is 6.04 Å². The molecule has 0 fully saturated rings. The van der Waals surface area contributed by atoms with Crippen LogP contribution in [0.3, 0.4) is 0 Å². The molecule has 0 saturated carbocycles. The molecule has 0 rings (SSSR count). The van der Waals surface area contributed by atoms with E-state index in [1.54, 1.807) is 13.4 Å². The molecule has 0 aromatic rings. The van der Waals surface area contributed by atoms with E-state index in [2.05, 4.69) is 35.3 Å². The van der Waals surface area contributed by atoms with E-state index < -0.39 is 8.07 Å². The van der Waals surface area contributed by atoms with Gasteiger partial charge in [0.15, 0.2) is 0 Å². The summed E-state index contributed by atoms with van der Waals surface area (Å²) in [5.41, 5.74) is 0. The molecule has 0 bridgehead atoms. The summed E-state index contributed by atoms with van der Waals surface area (Å²) in [7, 11) is 0.806. The molecule has 0 aliphatic carbocycles. The minimum atomic E-state index is -0.928. The van der Waals surface area contributed by atoms with E-state index in [0.29, 0.717) is 13.4 Å². The Hall–Kier alpha value is -0.393. The van der Waals surface area contributed by atoms with Crippen LogP contribution in [0.4, 0.5) is 0 Å². The Kier molecular flexibility index (Phi) is 7.74. The van der Waals surface area contributed by atoms with E-state index in [9.17, 15) is 0 Å². The van der Waals surface area contributed by atoms with E-state index >= 15 is 0 Å². The number of hydrogen-bond acceptors (Lipinski definition) is 3. The minimum absolute atomic E-state index is 0.606. The van der Waals surface area contributed by atoms with Crippen molar-refractivity contribution in [3.05, 3.63) is 0 Å².